The molecule has 5 nitrogen and oxygen atoms in total. The monoisotopic (exact) mass is 267 g/mol. The molecule has 5 heteroatoms. The van der Waals surface area contributed by atoms with E-state index in [9.17, 15) is 9.59 Å². The Labute approximate surface area is 113 Å². The number of rotatable bonds is 4. The summed E-state index contributed by atoms with van der Waals surface area (Å²) in [6.07, 6.45) is 0.606. The second-order valence-electron chi connectivity index (χ2n) is 3.70. The van der Waals surface area contributed by atoms with Gasteiger partial charge in [0.1, 0.15) is 13.2 Å². The van der Waals surface area contributed by atoms with Crippen molar-refractivity contribution in [3.63, 3.8) is 0 Å². The fraction of sp³-hybridized carbons (Fsp3) is 0.429. The number of nitrogens with one attached hydrogen (secondary N) is 1. The van der Waals surface area contributed by atoms with E-state index in [0.29, 0.717) is 0 Å². The van der Waals surface area contributed by atoms with Crippen molar-refractivity contribution in [3.8, 4) is 0 Å². The average molecular weight is 267 g/mol. The molecule has 1 N–H and O–H groups in total. The van der Waals surface area contributed by atoms with Crippen molar-refractivity contribution < 1.29 is 19.1 Å². The van der Waals surface area contributed by atoms with Gasteiger partial charge in [0.15, 0.2) is 0 Å². The lowest BCUT2D eigenvalue weighted by Crippen LogP contribution is -2.30. The molecule has 1 amide bonds. The molecule has 106 valence electrons. The minimum absolute atomic E-state index is 0.174. The number of amides is 1. The predicted molar refractivity (Wildman–Crippen MR) is 72.6 cm³/mol. The highest BCUT2D eigenvalue weighted by Gasteiger charge is 2.05. The number of benzene rings is 1. The molecule has 0 saturated heterocycles. The summed E-state index contributed by atoms with van der Waals surface area (Å²) >= 11 is 0. The molecule has 0 heterocycles. The number of ether oxygens (including phenoxy) is 2. The van der Waals surface area contributed by atoms with Crippen LogP contribution in [0.15, 0.2) is 30.3 Å². The van der Waals surface area contributed by atoms with Crippen LogP contribution in [0.5, 0.6) is 0 Å². The topological polar surface area (TPSA) is 64.6 Å². The SMILES string of the molecule is CCC.COC(=O)CNC(=O)OCc1ccccc1. The lowest BCUT2D eigenvalue weighted by molar-refractivity contribution is -0.139. The smallest absolute Gasteiger partial charge is 0.407 e. The maximum absolute atomic E-state index is 11.1. The summed E-state index contributed by atoms with van der Waals surface area (Å²) in [6, 6.07) is 9.26. The Hall–Kier alpha value is -2.04. The molecule has 0 saturated carbocycles. The molecule has 1 aromatic rings. The van der Waals surface area contributed by atoms with Crippen LogP contribution in [-0.2, 0) is 20.9 Å². The number of hydrogen-bond acceptors (Lipinski definition) is 4. The summed E-state index contributed by atoms with van der Waals surface area (Å²) in [6.45, 7) is 4.23. The highest BCUT2D eigenvalue weighted by Crippen LogP contribution is 2.00. The third kappa shape index (κ3) is 9.64. The standard InChI is InChI=1S/C11H13NO4.C3H8/c1-15-10(13)7-12-11(14)16-8-9-5-3-2-4-6-9;1-3-2/h2-6H,7-8H2,1H3,(H,12,14);3H2,1-2H3. The van der Waals surface area contributed by atoms with Crippen LogP contribution in [0, 0.1) is 0 Å². The summed E-state index contributed by atoms with van der Waals surface area (Å²) in [5, 5.41) is 2.27. The first-order valence-corrected chi connectivity index (χ1v) is 6.15. The van der Waals surface area contributed by atoms with Crippen molar-refractivity contribution in [1.82, 2.24) is 5.32 Å². The molecule has 0 atom stereocenters. The minimum Gasteiger partial charge on any atom is -0.468 e. The molecule has 0 bridgehead atoms. The quantitative estimate of drug-likeness (QED) is 0.851. The van der Waals surface area contributed by atoms with Gasteiger partial charge < -0.3 is 14.8 Å². The second kappa shape index (κ2) is 11.1. The van der Waals surface area contributed by atoms with Gasteiger partial charge in [0.25, 0.3) is 0 Å². The molecule has 1 rings (SSSR count). The fourth-order valence-corrected chi connectivity index (χ4v) is 0.991. The van der Waals surface area contributed by atoms with Crippen molar-refractivity contribution in [2.45, 2.75) is 26.9 Å². The van der Waals surface area contributed by atoms with Crippen LogP contribution in [0.3, 0.4) is 0 Å². The van der Waals surface area contributed by atoms with E-state index in [1.807, 2.05) is 30.3 Å². The summed E-state index contributed by atoms with van der Waals surface area (Å²) in [7, 11) is 1.25. The van der Waals surface area contributed by atoms with E-state index >= 15 is 0 Å². The molecule has 0 aromatic heterocycles. The van der Waals surface area contributed by atoms with Crippen molar-refractivity contribution in [3.05, 3.63) is 35.9 Å². The van der Waals surface area contributed by atoms with Crippen LogP contribution in [0.4, 0.5) is 4.79 Å². The number of carbonyl (C=O) groups is 2. The third-order valence-electron chi connectivity index (χ3n) is 1.82. The fourth-order valence-electron chi connectivity index (χ4n) is 0.991. The van der Waals surface area contributed by atoms with Crippen LogP contribution in [-0.4, -0.2) is 25.7 Å². The Morgan fingerprint density at radius 1 is 1.16 bits per heavy atom. The van der Waals surface area contributed by atoms with E-state index in [-0.39, 0.29) is 13.2 Å². The summed E-state index contributed by atoms with van der Waals surface area (Å²) < 4.78 is 9.22. The first-order valence-electron chi connectivity index (χ1n) is 6.15. The van der Waals surface area contributed by atoms with Gasteiger partial charge in [-0.3, -0.25) is 4.79 Å². The van der Waals surface area contributed by atoms with Crippen LogP contribution in [0.2, 0.25) is 0 Å². The van der Waals surface area contributed by atoms with Crippen molar-refractivity contribution in [2.75, 3.05) is 13.7 Å². The Morgan fingerprint density at radius 2 is 1.74 bits per heavy atom. The highest BCUT2D eigenvalue weighted by atomic mass is 16.6. The molecule has 0 spiro atoms. The average Bonchev–Trinajstić information content (AvgIpc) is 2.44. The molecular formula is C14H21NO4. The van der Waals surface area contributed by atoms with Crippen molar-refractivity contribution in [1.29, 1.82) is 0 Å². The zero-order valence-corrected chi connectivity index (χ0v) is 11.6. The van der Waals surface area contributed by atoms with Gasteiger partial charge in [-0.05, 0) is 5.56 Å². The first kappa shape index (κ1) is 17.0. The van der Waals surface area contributed by atoms with E-state index in [2.05, 4.69) is 23.9 Å². The summed E-state index contributed by atoms with van der Waals surface area (Å²) in [5.41, 5.74) is 0.885. The molecule has 1 aromatic carbocycles. The number of hydrogen-bond donors (Lipinski definition) is 1. The molecule has 0 fully saturated rings. The van der Waals surface area contributed by atoms with Gasteiger partial charge in [0.05, 0.1) is 7.11 Å². The van der Waals surface area contributed by atoms with Gasteiger partial charge in [0.2, 0.25) is 0 Å². The van der Waals surface area contributed by atoms with Crippen molar-refractivity contribution in [2.24, 2.45) is 0 Å². The predicted octanol–water partition coefficient (Wildman–Crippen LogP) is 2.50. The van der Waals surface area contributed by atoms with Crippen LogP contribution >= 0.6 is 0 Å². The Kier molecular flexibility index (Phi) is 9.88. The van der Waals surface area contributed by atoms with E-state index in [0.717, 1.165) is 5.56 Å². The zero-order chi connectivity index (χ0) is 14.5. The third-order valence-corrected chi connectivity index (χ3v) is 1.82. The molecule has 0 aliphatic carbocycles. The van der Waals surface area contributed by atoms with Crippen LogP contribution in [0.25, 0.3) is 0 Å². The maximum Gasteiger partial charge on any atom is 0.407 e. The van der Waals surface area contributed by atoms with E-state index in [1.165, 1.54) is 13.5 Å². The zero-order valence-electron chi connectivity index (χ0n) is 11.6. The van der Waals surface area contributed by atoms with Gasteiger partial charge >= 0.3 is 12.1 Å². The van der Waals surface area contributed by atoms with Gasteiger partial charge in [-0.25, -0.2) is 4.79 Å². The molecule has 0 aliphatic rings. The van der Waals surface area contributed by atoms with Gasteiger partial charge in [-0.1, -0.05) is 50.6 Å². The molecular weight excluding hydrogens is 246 g/mol. The number of methoxy groups -OCH3 is 1. The minimum atomic E-state index is -0.644. The molecule has 19 heavy (non-hydrogen) atoms. The molecule has 0 unspecified atom stereocenters. The van der Waals surface area contributed by atoms with E-state index in [1.54, 1.807) is 0 Å². The Balaban J connectivity index is 0.000000982. The summed E-state index contributed by atoms with van der Waals surface area (Å²) in [5.74, 6) is -0.517. The van der Waals surface area contributed by atoms with E-state index in [4.69, 9.17) is 4.74 Å². The summed E-state index contributed by atoms with van der Waals surface area (Å²) in [4.78, 5) is 21.8. The molecule has 0 aliphatic heterocycles. The lowest BCUT2D eigenvalue weighted by atomic mass is 10.2. The normalized spacial score (nSPS) is 8.79. The largest absolute Gasteiger partial charge is 0.468 e. The van der Waals surface area contributed by atoms with Gasteiger partial charge in [-0.15, -0.1) is 0 Å². The van der Waals surface area contributed by atoms with Crippen LogP contribution < -0.4 is 5.32 Å². The maximum atomic E-state index is 11.1. The van der Waals surface area contributed by atoms with Gasteiger partial charge in [0, 0.05) is 0 Å². The Bertz CT molecular complexity index is 365. The van der Waals surface area contributed by atoms with Crippen LogP contribution in [0.1, 0.15) is 25.8 Å². The first-order chi connectivity index (χ1) is 9.13. The van der Waals surface area contributed by atoms with Gasteiger partial charge in [-0.2, -0.15) is 0 Å². The Morgan fingerprint density at radius 3 is 2.26 bits per heavy atom. The number of esters is 1. The lowest BCUT2D eigenvalue weighted by Gasteiger charge is -2.05. The van der Waals surface area contributed by atoms with Crippen molar-refractivity contribution >= 4 is 12.1 Å². The van der Waals surface area contributed by atoms with E-state index < -0.39 is 12.1 Å². The molecule has 0 radical (unpaired) electrons. The second-order valence-corrected chi connectivity index (χ2v) is 3.70. The number of carbonyl (C=O) groups excluding carboxylic acids is 2. The highest BCUT2D eigenvalue weighted by molar-refractivity contribution is 5.77. The number of alkyl carbamates (subject to hydrolysis) is 1.